The zero-order valence-corrected chi connectivity index (χ0v) is 18.0. The van der Waals surface area contributed by atoms with Gasteiger partial charge in [-0.1, -0.05) is 30.3 Å². The number of aryl methyl sites for hydroxylation is 1. The summed E-state index contributed by atoms with van der Waals surface area (Å²) < 4.78 is 0. The van der Waals surface area contributed by atoms with Crippen LogP contribution in [0.25, 0.3) is 0 Å². The number of amides is 2. The normalized spacial score (nSPS) is 24.0. The average Bonchev–Trinajstić information content (AvgIpc) is 2.91. The third kappa shape index (κ3) is 4.87. The molecule has 1 heterocycles. The van der Waals surface area contributed by atoms with Gasteiger partial charge in [-0.25, -0.2) is 0 Å². The lowest BCUT2D eigenvalue weighted by atomic mass is 9.74. The van der Waals surface area contributed by atoms with Crippen molar-refractivity contribution in [3.8, 4) is 0 Å². The summed E-state index contributed by atoms with van der Waals surface area (Å²) in [6.45, 7) is 3.95. The van der Waals surface area contributed by atoms with Crippen molar-refractivity contribution >= 4 is 11.8 Å². The van der Waals surface area contributed by atoms with Crippen molar-refractivity contribution in [1.82, 2.24) is 15.2 Å². The van der Waals surface area contributed by atoms with Crippen LogP contribution in [0.5, 0.6) is 0 Å². The van der Waals surface area contributed by atoms with E-state index < -0.39 is 6.10 Å². The number of pyridine rings is 1. The van der Waals surface area contributed by atoms with E-state index >= 15 is 0 Å². The van der Waals surface area contributed by atoms with Gasteiger partial charge in [-0.3, -0.25) is 14.6 Å². The van der Waals surface area contributed by atoms with Crippen molar-refractivity contribution in [1.29, 1.82) is 0 Å². The van der Waals surface area contributed by atoms with E-state index in [1.54, 1.807) is 24.3 Å². The second-order valence-corrected chi connectivity index (χ2v) is 8.44. The summed E-state index contributed by atoms with van der Waals surface area (Å²) >= 11 is 0. The standard InChI is InChI=1S/C24H31N3O3/c1-17-13-19(15-25-14-17)23(30)27(3)21-9-11-24(12-10-22(21)29,16-26-18(2)28)20-7-5-4-6-8-20/h4-8,13-15,21-22,29H,9-12,16H2,1-3H3,(H,26,28)/t21-,22-,24+/m0/s1. The molecule has 0 bridgehead atoms. The van der Waals surface area contributed by atoms with Gasteiger partial charge in [0, 0.05) is 38.3 Å². The SMILES string of the molecule is CC(=O)NC[C@]1(c2ccccc2)CC[C@H](O)[C@@H](N(C)C(=O)c2cncc(C)c2)CC1. The van der Waals surface area contributed by atoms with Crippen molar-refractivity contribution in [3.05, 3.63) is 65.5 Å². The topological polar surface area (TPSA) is 82.5 Å². The number of nitrogens with one attached hydrogen (secondary N) is 1. The molecule has 3 atom stereocenters. The van der Waals surface area contributed by atoms with E-state index in [0.717, 1.165) is 24.0 Å². The lowest BCUT2D eigenvalue weighted by molar-refractivity contribution is -0.119. The molecule has 1 aromatic heterocycles. The molecule has 1 aromatic carbocycles. The number of aliphatic hydroxyl groups excluding tert-OH is 1. The summed E-state index contributed by atoms with van der Waals surface area (Å²) in [4.78, 5) is 30.4. The van der Waals surface area contributed by atoms with Crippen LogP contribution in [0, 0.1) is 6.92 Å². The Labute approximate surface area is 178 Å². The molecular formula is C24H31N3O3. The Bertz CT molecular complexity index is 886. The Hall–Kier alpha value is -2.73. The third-order valence-corrected chi connectivity index (χ3v) is 6.28. The van der Waals surface area contributed by atoms with Gasteiger partial charge >= 0.3 is 0 Å². The lowest BCUT2D eigenvalue weighted by Gasteiger charge is -2.34. The van der Waals surface area contributed by atoms with E-state index in [-0.39, 0.29) is 23.3 Å². The van der Waals surface area contributed by atoms with Crippen molar-refractivity contribution in [3.63, 3.8) is 0 Å². The van der Waals surface area contributed by atoms with Gasteiger partial charge in [0.25, 0.3) is 5.91 Å². The first-order valence-corrected chi connectivity index (χ1v) is 10.5. The minimum atomic E-state index is -0.625. The Morgan fingerprint density at radius 2 is 1.90 bits per heavy atom. The first-order valence-electron chi connectivity index (χ1n) is 10.5. The number of benzene rings is 1. The van der Waals surface area contributed by atoms with Crippen LogP contribution in [0.15, 0.2) is 48.8 Å². The second-order valence-electron chi connectivity index (χ2n) is 8.44. The first-order chi connectivity index (χ1) is 14.3. The van der Waals surface area contributed by atoms with Crippen LogP contribution < -0.4 is 5.32 Å². The molecule has 2 aromatic rings. The molecule has 0 aliphatic heterocycles. The van der Waals surface area contributed by atoms with Crippen LogP contribution in [-0.2, 0) is 10.2 Å². The molecule has 1 aliphatic carbocycles. The number of hydrogen-bond acceptors (Lipinski definition) is 4. The number of aliphatic hydroxyl groups is 1. The molecule has 30 heavy (non-hydrogen) atoms. The Morgan fingerprint density at radius 3 is 2.57 bits per heavy atom. The molecule has 0 spiro atoms. The van der Waals surface area contributed by atoms with Crippen molar-refractivity contribution < 1.29 is 14.7 Å². The van der Waals surface area contributed by atoms with Crippen LogP contribution >= 0.6 is 0 Å². The monoisotopic (exact) mass is 409 g/mol. The van der Waals surface area contributed by atoms with Crippen LogP contribution in [0.1, 0.15) is 54.1 Å². The summed E-state index contributed by atoms with van der Waals surface area (Å²) in [5, 5.41) is 13.9. The highest BCUT2D eigenvalue weighted by Gasteiger charge is 2.40. The van der Waals surface area contributed by atoms with Gasteiger partial charge in [0.2, 0.25) is 5.91 Å². The van der Waals surface area contributed by atoms with Crippen molar-refractivity contribution in [2.75, 3.05) is 13.6 Å². The first kappa shape index (κ1) is 22.0. The number of nitrogens with zero attached hydrogens (tertiary/aromatic N) is 2. The lowest BCUT2D eigenvalue weighted by Crippen LogP contribution is -2.44. The molecule has 2 amide bonds. The maximum atomic E-state index is 13.0. The van der Waals surface area contributed by atoms with Crippen LogP contribution in [0.2, 0.25) is 0 Å². The van der Waals surface area contributed by atoms with E-state index in [2.05, 4.69) is 22.4 Å². The highest BCUT2D eigenvalue weighted by Crippen LogP contribution is 2.39. The fraction of sp³-hybridized carbons (Fsp3) is 0.458. The van der Waals surface area contributed by atoms with Crippen LogP contribution in [0.4, 0.5) is 0 Å². The number of likely N-dealkylation sites (N-methyl/N-ethyl adjacent to an activating group) is 1. The number of rotatable bonds is 5. The number of aromatic nitrogens is 1. The van der Waals surface area contributed by atoms with Gasteiger partial charge in [-0.05, 0) is 49.8 Å². The molecule has 1 fully saturated rings. The van der Waals surface area contributed by atoms with Gasteiger partial charge in [0.15, 0.2) is 0 Å². The Morgan fingerprint density at radius 1 is 1.20 bits per heavy atom. The smallest absolute Gasteiger partial charge is 0.255 e. The molecule has 1 aliphatic rings. The Balaban J connectivity index is 1.83. The molecule has 6 nitrogen and oxygen atoms in total. The number of carbonyl (C=O) groups excluding carboxylic acids is 2. The van der Waals surface area contributed by atoms with E-state index in [9.17, 15) is 14.7 Å². The average molecular weight is 410 g/mol. The molecule has 3 rings (SSSR count). The zero-order chi connectivity index (χ0) is 21.7. The molecule has 1 saturated carbocycles. The third-order valence-electron chi connectivity index (χ3n) is 6.28. The minimum Gasteiger partial charge on any atom is -0.391 e. The Kier molecular flexibility index (Phi) is 6.87. The minimum absolute atomic E-state index is 0.0640. The largest absolute Gasteiger partial charge is 0.391 e. The molecule has 0 unspecified atom stereocenters. The highest BCUT2D eigenvalue weighted by atomic mass is 16.3. The molecular weight excluding hydrogens is 378 g/mol. The highest BCUT2D eigenvalue weighted by molar-refractivity contribution is 5.94. The predicted molar refractivity (Wildman–Crippen MR) is 116 cm³/mol. The summed E-state index contributed by atoms with van der Waals surface area (Å²) in [5.74, 6) is -0.199. The van der Waals surface area contributed by atoms with Gasteiger partial charge in [-0.15, -0.1) is 0 Å². The summed E-state index contributed by atoms with van der Waals surface area (Å²) in [6.07, 6.45) is 5.37. The zero-order valence-electron chi connectivity index (χ0n) is 18.0. The van der Waals surface area contributed by atoms with Crippen LogP contribution in [-0.4, -0.2) is 52.5 Å². The van der Waals surface area contributed by atoms with E-state index in [4.69, 9.17) is 0 Å². The van der Waals surface area contributed by atoms with Crippen molar-refractivity contribution in [2.45, 2.75) is 57.1 Å². The maximum Gasteiger partial charge on any atom is 0.255 e. The summed E-state index contributed by atoms with van der Waals surface area (Å²) in [6, 6.07) is 11.7. The maximum absolute atomic E-state index is 13.0. The van der Waals surface area contributed by atoms with E-state index in [0.29, 0.717) is 24.9 Å². The molecule has 160 valence electrons. The van der Waals surface area contributed by atoms with Gasteiger partial charge < -0.3 is 15.3 Å². The second kappa shape index (κ2) is 9.39. The fourth-order valence-electron chi connectivity index (χ4n) is 4.49. The summed E-state index contributed by atoms with van der Waals surface area (Å²) in [5.41, 5.74) is 2.34. The summed E-state index contributed by atoms with van der Waals surface area (Å²) in [7, 11) is 1.75. The molecule has 6 heteroatoms. The molecule has 0 radical (unpaired) electrons. The quantitative estimate of drug-likeness (QED) is 0.744. The van der Waals surface area contributed by atoms with E-state index in [1.165, 1.54) is 6.92 Å². The molecule has 2 N–H and O–H groups in total. The van der Waals surface area contributed by atoms with Gasteiger partial charge in [0.1, 0.15) is 0 Å². The molecule has 0 saturated heterocycles. The van der Waals surface area contributed by atoms with Crippen LogP contribution in [0.3, 0.4) is 0 Å². The van der Waals surface area contributed by atoms with E-state index in [1.807, 2.05) is 31.2 Å². The predicted octanol–water partition coefficient (Wildman–Crippen LogP) is 2.84. The fourth-order valence-corrected chi connectivity index (χ4v) is 4.49. The van der Waals surface area contributed by atoms with Gasteiger partial charge in [0.05, 0.1) is 17.7 Å². The number of carbonyl (C=O) groups is 2. The van der Waals surface area contributed by atoms with Gasteiger partial charge in [-0.2, -0.15) is 0 Å². The van der Waals surface area contributed by atoms with Crippen molar-refractivity contribution in [2.24, 2.45) is 0 Å². The number of hydrogen-bond donors (Lipinski definition) is 2.